The smallest absolute Gasteiger partial charge is 0.338 e. The number of rotatable bonds is 6. The fraction of sp³-hybridized carbons (Fsp3) is 0.211. The molecular weight excluding hydrogens is 368 g/mol. The molecule has 142 valence electrons. The Labute approximate surface area is 157 Å². The van der Waals surface area contributed by atoms with Gasteiger partial charge in [0.25, 0.3) is 0 Å². The van der Waals surface area contributed by atoms with E-state index in [1.54, 1.807) is 6.07 Å². The van der Waals surface area contributed by atoms with E-state index >= 15 is 0 Å². The first-order valence-electron chi connectivity index (χ1n) is 8.27. The highest BCUT2D eigenvalue weighted by Crippen LogP contribution is 2.22. The van der Waals surface area contributed by atoms with Gasteiger partial charge in [-0.05, 0) is 61.9 Å². The third kappa shape index (κ3) is 4.29. The molecule has 0 atom stereocenters. The second kappa shape index (κ2) is 7.42. The molecule has 0 saturated carbocycles. The van der Waals surface area contributed by atoms with Crippen molar-refractivity contribution in [3.05, 3.63) is 59.3 Å². The van der Waals surface area contributed by atoms with Gasteiger partial charge in [-0.2, -0.15) is 0 Å². The molecule has 1 heterocycles. The predicted molar refractivity (Wildman–Crippen MR) is 101 cm³/mol. The minimum atomic E-state index is -3.73. The largest absolute Gasteiger partial charge is 0.490 e. The van der Waals surface area contributed by atoms with Gasteiger partial charge in [-0.25, -0.2) is 18.4 Å². The van der Waals surface area contributed by atoms with Crippen LogP contribution in [0.4, 0.5) is 0 Å². The van der Waals surface area contributed by atoms with Crippen molar-refractivity contribution < 1.29 is 22.7 Å². The molecule has 0 unspecified atom stereocenters. The molecule has 0 radical (unpaired) electrons. The van der Waals surface area contributed by atoms with Gasteiger partial charge in [0.1, 0.15) is 19.0 Å². The third-order valence-corrected chi connectivity index (χ3v) is 5.21. The Morgan fingerprint density at radius 1 is 1.07 bits per heavy atom. The quantitative estimate of drug-likeness (QED) is 0.498. The molecule has 0 saturated heterocycles. The Kier molecular flexibility index (Phi) is 5.20. The molecule has 27 heavy (non-hydrogen) atoms. The monoisotopic (exact) mass is 388 g/mol. The van der Waals surface area contributed by atoms with Crippen LogP contribution in [-0.4, -0.2) is 32.6 Å². The highest BCUT2D eigenvalue weighted by Gasteiger charge is 2.11. The highest BCUT2D eigenvalue weighted by atomic mass is 32.2. The number of hydrogen-bond acceptors (Lipinski definition) is 5. The Morgan fingerprint density at radius 2 is 1.78 bits per heavy atom. The lowest BCUT2D eigenvalue weighted by Gasteiger charge is -2.08. The molecule has 2 aromatic carbocycles. The summed E-state index contributed by atoms with van der Waals surface area (Å²) in [7, 11) is -3.73. The molecule has 3 rings (SSSR count). The van der Waals surface area contributed by atoms with Crippen molar-refractivity contribution in [1.29, 1.82) is 0 Å². The summed E-state index contributed by atoms with van der Waals surface area (Å²) >= 11 is 0. The number of fused-ring (bicyclic) bond motifs is 1. The van der Waals surface area contributed by atoms with Crippen LogP contribution in [0, 0.1) is 13.8 Å². The second-order valence-corrected chi connectivity index (χ2v) is 7.70. The van der Waals surface area contributed by atoms with E-state index in [2.05, 4.69) is 4.98 Å². The van der Waals surface area contributed by atoms with Gasteiger partial charge >= 0.3 is 5.97 Å². The summed E-state index contributed by atoms with van der Waals surface area (Å²) in [6.45, 7) is 4.20. The van der Waals surface area contributed by atoms with Crippen LogP contribution in [0.25, 0.3) is 10.9 Å². The molecular formula is C19H20N2O5S. The first-order chi connectivity index (χ1) is 12.8. The number of H-pyrrole nitrogens is 1. The average molecular weight is 388 g/mol. The Bertz CT molecular complexity index is 1090. The van der Waals surface area contributed by atoms with E-state index in [-0.39, 0.29) is 18.1 Å². The van der Waals surface area contributed by atoms with Crippen LogP contribution >= 0.6 is 0 Å². The van der Waals surface area contributed by atoms with Crippen molar-refractivity contribution in [3.63, 3.8) is 0 Å². The van der Waals surface area contributed by atoms with Gasteiger partial charge in [-0.15, -0.1) is 0 Å². The predicted octanol–water partition coefficient (Wildman–Crippen LogP) is 2.67. The fourth-order valence-corrected chi connectivity index (χ4v) is 3.21. The number of ether oxygens (including phenoxy) is 2. The lowest BCUT2D eigenvalue weighted by molar-refractivity contribution is 0.0450. The molecule has 7 nitrogen and oxygen atoms in total. The van der Waals surface area contributed by atoms with E-state index in [1.807, 2.05) is 26.0 Å². The number of benzene rings is 2. The van der Waals surface area contributed by atoms with Crippen LogP contribution in [0.2, 0.25) is 0 Å². The van der Waals surface area contributed by atoms with Crippen molar-refractivity contribution in [1.82, 2.24) is 4.98 Å². The molecule has 3 N–H and O–H groups in total. The molecule has 0 aliphatic heterocycles. The van der Waals surface area contributed by atoms with Gasteiger partial charge in [-0.3, -0.25) is 0 Å². The second-order valence-electron chi connectivity index (χ2n) is 6.14. The average Bonchev–Trinajstić information content (AvgIpc) is 2.92. The van der Waals surface area contributed by atoms with Crippen LogP contribution in [-0.2, 0) is 14.8 Å². The van der Waals surface area contributed by atoms with E-state index in [9.17, 15) is 13.2 Å². The number of aromatic amines is 1. The van der Waals surface area contributed by atoms with Gasteiger partial charge in [0.15, 0.2) is 0 Å². The van der Waals surface area contributed by atoms with Gasteiger partial charge in [-0.1, -0.05) is 0 Å². The minimum Gasteiger partial charge on any atom is -0.490 e. The SMILES string of the molecule is Cc1[nH]c2ccc(C(=O)OCCOc3ccc(S(N)(=O)=O)cc3)cc2c1C. The van der Waals surface area contributed by atoms with Gasteiger partial charge in [0.05, 0.1) is 10.5 Å². The van der Waals surface area contributed by atoms with Crippen molar-refractivity contribution in [2.75, 3.05) is 13.2 Å². The summed E-state index contributed by atoms with van der Waals surface area (Å²) in [6, 6.07) is 11.1. The topological polar surface area (TPSA) is 111 Å². The summed E-state index contributed by atoms with van der Waals surface area (Å²) < 4.78 is 33.1. The maximum Gasteiger partial charge on any atom is 0.338 e. The maximum absolute atomic E-state index is 12.2. The van der Waals surface area contributed by atoms with E-state index < -0.39 is 16.0 Å². The van der Waals surface area contributed by atoms with Crippen LogP contribution in [0.5, 0.6) is 5.75 Å². The summed E-state index contributed by atoms with van der Waals surface area (Å²) in [5, 5.41) is 6.03. The van der Waals surface area contributed by atoms with Crippen LogP contribution < -0.4 is 9.88 Å². The summed E-state index contributed by atoms with van der Waals surface area (Å²) in [5.41, 5.74) is 3.62. The van der Waals surface area contributed by atoms with Crippen LogP contribution in [0.1, 0.15) is 21.6 Å². The highest BCUT2D eigenvalue weighted by molar-refractivity contribution is 7.89. The molecule has 0 aliphatic rings. The van der Waals surface area contributed by atoms with Crippen molar-refractivity contribution in [2.45, 2.75) is 18.7 Å². The zero-order valence-electron chi connectivity index (χ0n) is 15.0. The van der Waals surface area contributed by atoms with Crippen molar-refractivity contribution in [2.24, 2.45) is 5.14 Å². The van der Waals surface area contributed by atoms with Crippen LogP contribution in [0.3, 0.4) is 0 Å². The molecule has 0 amide bonds. The number of esters is 1. The number of primary sulfonamides is 1. The summed E-state index contributed by atoms with van der Waals surface area (Å²) in [6.07, 6.45) is 0. The lowest BCUT2D eigenvalue weighted by Crippen LogP contribution is -2.13. The lowest BCUT2D eigenvalue weighted by atomic mass is 10.1. The Hall–Kier alpha value is -2.84. The number of sulfonamides is 1. The fourth-order valence-electron chi connectivity index (χ4n) is 2.69. The Morgan fingerprint density at radius 3 is 2.44 bits per heavy atom. The van der Waals surface area contributed by atoms with E-state index in [4.69, 9.17) is 14.6 Å². The number of carbonyl (C=O) groups is 1. The van der Waals surface area contributed by atoms with Gasteiger partial charge in [0, 0.05) is 16.6 Å². The van der Waals surface area contributed by atoms with Gasteiger partial charge < -0.3 is 14.5 Å². The zero-order chi connectivity index (χ0) is 19.6. The molecule has 1 aromatic heterocycles. The van der Waals surface area contributed by atoms with Gasteiger partial charge in [0.2, 0.25) is 10.0 Å². The standard InChI is InChI=1S/C19H20N2O5S/c1-12-13(2)21-18-8-3-14(11-17(12)18)19(22)26-10-9-25-15-4-6-16(7-5-15)27(20,23)24/h3-8,11,21H,9-10H2,1-2H3,(H2,20,23,24). The molecule has 0 bridgehead atoms. The summed E-state index contributed by atoms with van der Waals surface area (Å²) in [4.78, 5) is 15.5. The zero-order valence-corrected chi connectivity index (χ0v) is 15.8. The van der Waals surface area contributed by atoms with E-state index in [0.717, 1.165) is 22.2 Å². The first-order valence-corrected chi connectivity index (χ1v) is 9.82. The number of nitrogens with two attached hydrogens (primary N) is 1. The number of nitrogens with one attached hydrogen (secondary N) is 1. The van der Waals surface area contributed by atoms with E-state index in [1.165, 1.54) is 24.3 Å². The number of carbonyl (C=O) groups excluding carboxylic acids is 1. The normalized spacial score (nSPS) is 11.5. The Balaban J connectivity index is 1.54. The first kappa shape index (κ1) is 18.9. The molecule has 3 aromatic rings. The maximum atomic E-state index is 12.2. The summed E-state index contributed by atoms with van der Waals surface area (Å²) in [5.74, 6) is 0.0293. The molecule has 8 heteroatoms. The third-order valence-electron chi connectivity index (χ3n) is 4.28. The molecule has 0 spiro atoms. The number of aromatic nitrogens is 1. The van der Waals surface area contributed by atoms with Crippen LogP contribution in [0.15, 0.2) is 47.4 Å². The molecule has 0 aliphatic carbocycles. The minimum absolute atomic E-state index is 0.00644. The number of hydrogen-bond donors (Lipinski definition) is 2. The number of aryl methyl sites for hydroxylation is 2. The molecule has 0 fully saturated rings. The van der Waals surface area contributed by atoms with E-state index in [0.29, 0.717) is 11.3 Å². The van der Waals surface area contributed by atoms with Crippen molar-refractivity contribution in [3.8, 4) is 5.75 Å². The van der Waals surface area contributed by atoms with Crippen molar-refractivity contribution >= 4 is 26.9 Å².